The predicted molar refractivity (Wildman–Crippen MR) is 81.3 cm³/mol. The van der Waals surface area contributed by atoms with Crippen LogP contribution in [-0.2, 0) is 6.54 Å². The third-order valence-electron chi connectivity index (χ3n) is 4.33. The van der Waals surface area contributed by atoms with Crippen LogP contribution in [0.1, 0.15) is 33.6 Å². The molecule has 0 bridgehead atoms. The molecule has 1 saturated heterocycles. The van der Waals surface area contributed by atoms with Gasteiger partial charge in [0.1, 0.15) is 0 Å². The minimum absolute atomic E-state index is 0.388. The van der Waals surface area contributed by atoms with Crippen LogP contribution in [-0.4, -0.2) is 45.5 Å². The summed E-state index contributed by atoms with van der Waals surface area (Å²) in [6, 6.07) is 0. The van der Waals surface area contributed by atoms with Gasteiger partial charge in [-0.25, -0.2) is 0 Å². The van der Waals surface area contributed by atoms with Gasteiger partial charge in [0.15, 0.2) is 0 Å². The summed E-state index contributed by atoms with van der Waals surface area (Å²) in [6.45, 7) is 10.4. The number of hydrogen-bond donors (Lipinski definition) is 2. The summed E-state index contributed by atoms with van der Waals surface area (Å²) in [6.07, 6.45) is 5.44. The number of aliphatic hydroxyl groups excluding tert-OH is 1. The Bertz CT molecular complexity index is 416. The maximum absolute atomic E-state index is 10.1. The highest BCUT2D eigenvalue weighted by Gasteiger charge is 2.29. The highest BCUT2D eigenvalue weighted by Crippen LogP contribution is 2.34. The van der Waals surface area contributed by atoms with Crippen LogP contribution in [0.3, 0.4) is 0 Å². The SMILES string of the molecule is CC(C)(C)C1CCN(CC(O)Cn2cc(N)cn2)CC1. The fourth-order valence-corrected chi connectivity index (χ4v) is 3.03. The summed E-state index contributed by atoms with van der Waals surface area (Å²) in [5.74, 6) is 0.793. The fraction of sp³-hybridized carbons (Fsp3) is 0.800. The Hall–Kier alpha value is -1.07. The lowest BCUT2D eigenvalue weighted by Crippen LogP contribution is -2.42. The highest BCUT2D eigenvalue weighted by molar-refractivity contribution is 5.30. The molecule has 114 valence electrons. The molecule has 1 aromatic rings. The van der Waals surface area contributed by atoms with E-state index in [-0.39, 0.29) is 6.10 Å². The molecule has 0 amide bonds. The van der Waals surface area contributed by atoms with Crippen LogP contribution >= 0.6 is 0 Å². The lowest BCUT2D eigenvalue weighted by atomic mass is 9.75. The number of nitrogen functional groups attached to an aromatic ring is 1. The molecular weight excluding hydrogens is 252 g/mol. The summed E-state index contributed by atoms with van der Waals surface area (Å²) in [7, 11) is 0. The third kappa shape index (κ3) is 4.21. The normalized spacial score (nSPS) is 20.2. The standard InChI is InChI=1S/C15H28N4O/c1-15(2,3)12-4-6-18(7-5-12)10-14(20)11-19-9-13(16)8-17-19/h8-9,12,14,20H,4-7,10-11,16H2,1-3H3. The third-order valence-corrected chi connectivity index (χ3v) is 4.33. The van der Waals surface area contributed by atoms with E-state index in [1.54, 1.807) is 17.1 Å². The van der Waals surface area contributed by atoms with E-state index in [1.165, 1.54) is 12.8 Å². The molecular formula is C15H28N4O. The van der Waals surface area contributed by atoms with Crippen LogP contribution in [0.25, 0.3) is 0 Å². The summed E-state index contributed by atoms with van der Waals surface area (Å²) in [5.41, 5.74) is 6.66. The van der Waals surface area contributed by atoms with Crippen molar-refractivity contribution in [3.05, 3.63) is 12.4 Å². The van der Waals surface area contributed by atoms with Crippen molar-refractivity contribution in [3.8, 4) is 0 Å². The summed E-state index contributed by atoms with van der Waals surface area (Å²) in [4.78, 5) is 2.36. The van der Waals surface area contributed by atoms with Gasteiger partial charge in [-0.1, -0.05) is 20.8 Å². The molecule has 3 N–H and O–H groups in total. The first-order chi connectivity index (χ1) is 9.34. The Kier molecular flexibility index (Phi) is 4.70. The first-order valence-electron chi connectivity index (χ1n) is 7.53. The minimum Gasteiger partial charge on any atom is -0.396 e. The van der Waals surface area contributed by atoms with Gasteiger partial charge in [0.05, 0.1) is 24.5 Å². The first kappa shape index (κ1) is 15.3. The van der Waals surface area contributed by atoms with E-state index in [1.807, 2.05) is 0 Å². The molecule has 5 heteroatoms. The Labute approximate surface area is 121 Å². The lowest BCUT2D eigenvalue weighted by molar-refractivity contribution is 0.0568. The molecule has 1 atom stereocenters. The molecule has 1 aliphatic heterocycles. The predicted octanol–water partition coefficient (Wildman–Crippen LogP) is 1.58. The number of nitrogens with zero attached hydrogens (tertiary/aromatic N) is 3. The van der Waals surface area contributed by atoms with Crippen molar-refractivity contribution in [3.63, 3.8) is 0 Å². The number of aliphatic hydroxyl groups is 1. The monoisotopic (exact) mass is 280 g/mol. The average Bonchev–Trinajstić information content (AvgIpc) is 2.74. The van der Waals surface area contributed by atoms with Gasteiger partial charge in [0.2, 0.25) is 0 Å². The van der Waals surface area contributed by atoms with Gasteiger partial charge in [-0.3, -0.25) is 4.68 Å². The number of piperidine rings is 1. The molecule has 0 aliphatic carbocycles. The molecule has 5 nitrogen and oxygen atoms in total. The van der Waals surface area contributed by atoms with Gasteiger partial charge in [-0.05, 0) is 37.3 Å². The molecule has 0 saturated carbocycles. The Balaban J connectivity index is 1.75. The Morgan fingerprint density at radius 2 is 2.00 bits per heavy atom. The zero-order valence-corrected chi connectivity index (χ0v) is 12.9. The second-order valence-corrected chi connectivity index (χ2v) is 7.09. The first-order valence-corrected chi connectivity index (χ1v) is 7.53. The molecule has 1 aliphatic rings. The maximum Gasteiger partial charge on any atom is 0.0862 e. The van der Waals surface area contributed by atoms with Crippen molar-refractivity contribution in [2.24, 2.45) is 11.3 Å². The van der Waals surface area contributed by atoms with E-state index in [9.17, 15) is 5.11 Å². The van der Waals surface area contributed by atoms with E-state index in [4.69, 9.17) is 5.73 Å². The molecule has 0 radical (unpaired) electrons. The summed E-state index contributed by atoms with van der Waals surface area (Å²) >= 11 is 0. The Morgan fingerprint density at radius 3 is 2.50 bits per heavy atom. The van der Waals surface area contributed by atoms with Crippen molar-refractivity contribution in [2.75, 3.05) is 25.4 Å². The van der Waals surface area contributed by atoms with Gasteiger partial charge in [0, 0.05) is 12.7 Å². The maximum atomic E-state index is 10.1. The second kappa shape index (κ2) is 6.14. The molecule has 1 aromatic heterocycles. The van der Waals surface area contributed by atoms with Crippen LogP contribution in [0.5, 0.6) is 0 Å². The number of β-amino-alcohol motifs (C(OH)–C–C–N with tert-alkyl or cyclic N) is 1. The van der Waals surface area contributed by atoms with Crippen molar-refractivity contribution in [1.82, 2.24) is 14.7 Å². The molecule has 2 heterocycles. The van der Waals surface area contributed by atoms with Gasteiger partial charge in [-0.15, -0.1) is 0 Å². The van der Waals surface area contributed by atoms with Crippen molar-refractivity contribution in [1.29, 1.82) is 0 Å². The van der Waals surface area contributed by atoms with Crippen molar-refractivity contribution in [2.45, 2.75) is 46.3 Å². The summed E-state index contributed by atoms with van der Waals surface area (Å²) < 4.78 is 1.71. The number of likely N-dealkylation sites (tertiary alicyclic amines) is 1. The molecule has 20 heavy (non-hydrogen) atoms. The molecule has 2 rings (SSSR count). The molecule has 0 aromatic carbocycles. The van der Waals surface area contributed by atoms with Crippen LogP contribution in [0.4, 0.5) is 5.69 Å². The van der Waals surface area contributed by atoms with E-state index in [2.05, 4.69) is 30.8 Å². The highest BCUT2D eigenvalue weighted by atomic mass is 16.3. The van der Waals surface area contributed by atoms with Crippen LogP contribution in [0.2, 0.25) is 0 Å². The zero-order chi connectivity index (χ0) is 14.8. The summed E-state index contributed by atoms with van der Waals surface area (Å²) in [5, 5.41) is 14.3. The van der Waals surface area contributed by atoms with Crippen molar-refractivity contribution >= 4 is 5.69 Å². The molecule has 1 unspecified atom stereocenters. The largest absolute Gasteiger partial charge is 0.396 e. The van der Waals surface area contributed by atoms with Crippen LogP contribution < -0.4 is 5.73 Å². The average molecular weight is 280 g/mol. The van der Waals surface area contributed by atoms with Crippen LogP contribution in [0.15, 0.2) is 12.4 Å². The van der Waals surface area contributed by atoms with Gasteiger partial charge in [0.25, 0.3) is 0 Å². The molecule has 0 spiro atoms. The van der Waals surface area contributed by atoms with Gasteiger partial charge >= 0.3 is 0 Å². The second-order valence-electron chi connectivity index (χ2n) is 7.09. The van der Waals surface area contributed by atoms with E-state index >= 15 is 0 Å². The van der Waals surface area contributed by atoms with E-state index in [0.717, 1.165) is 25.6 Å². The van der Waals surface area contributed by atoms with Gasteiger partial charge < -0.3 is 15.7 Å². The van der Waals surface area contributed by atoms with Gasteiger partial charge in [-0.2, -0.15) is 5.10 Å². The number of aromatic nitrogens is 2. The minimum atomic E-state index is -0.388. The van der Waals surface area contributed by atoms with Crippen LogP contribution in [0, 0.1) is 11.3 Å². The number of anilines is 1. The number of nitrogens with two attached hydrogens (primary N) is 1. The lowest BCUT2D eigenvalue weighted by Gasteiger charge is -2.39. The smallest absolute Gasteiger partial charge is 0.0862 e. The molecule has 1 fully saturated rings. The van der Waals surface area contributed by atoms with E-state index in [0.29, 0.717) is 17.6 Å². The van der Waals surface area contributed by atoms with E-state index < -0.39 is 0 Å². The zero-order valence-electron chi connectivity index (χ0n) is 12.9. The Morgan fingerprint density at radius 1 is 1.35 bits per heavy atom. The van der Waals surface area contributed by atoms with Crippen molar-refractivity contribution < 1.29 is 5.11 Å². The number of hydrogen-bond acceptors (Lipinski definition) is 4. The number of rotatable bonds is 4. The topological polar surface area (TPSA) is 67.3 Å². The quantitative estimate of drug-likeness (QED) is 0.879. The fourth-order valence-electron chi connectivity index (χ4n) is 3.03.